The molecule has 0 aromatic heterocycles. The van der Waals surface area contributed by atoms with Crippen molar-refractivity contribution in [1.82, 2.24) is 0 Å². The van der Waals surface area contributed by atoms with Crippen LogP contribution in [0.1, 0.15) is 39.7 Å². The molecule has 2 unspecified atom stereocenters. The van der Waals surface area contributed by atoms with Crippen LogP contribution in [0.25, 0.3) is 0 Å². The maximum Gasteiger partial charge on any atom is 0.335 e. The molecule has 0 bridgehead atoms. The molecule has 2 aromatic carbocycles. The Balaban J connectivity index is 1.82. The van der Waals surface area contributed by atoms with Crippen LogP contribution in [0.4, 0.5) is 0 Å². The fourth-order valence-electron chi connectivity index (χ4n) is 2.53. The van der Waals surface area contributed by atoms with Crippen LogP contribution in [0.15, 0.2) is 54.6 Å². The Morgan fingerprint density at radius 1 is 0.944 bits per heavy atom. The number of aromatic carboxylic acids is 1. The van der Waals surface area contributed by atoms with Crippen molar-refractivity contribution in [3.05, 3.63) is 71.3 Å². The molecule has 1 saturated carbocycles. The predicted molar refractivity (Wildman–Crippen MR) is 69.9 cm³/mol. The second-order valence-corrected chi connectivity index (χ2v) is 4.79. The van der Waals surface area contributed by atoms with Crippen molar-refractivity contribution in [2.45, 2.75) is 18.3 Å². The van der Waals surface area contributed by atoms with Gasteiger partial charge in [0.15, 0.2) is 0 Å². The van der Waals surface area contributed by atoms with Gasteiger partial charge in [-0.3, -0.25) is 0 Å². The van der Waals surface area contributed by atoms with Crippen molar-refractivity contribution < 1.29 is 9.90 Å². The van der Waals surface area contributed by atoms with Crippen molar-refractivity contribution >= 4 is 5.97 Å². The van der Waals surface area contributed by atoms with E-state index >= 15 is 0 Å². The zero-order valence-electron chi connectivity index (χ0n) is 9.91. The summed E-state index contributed by atoms with van der Waals surface area (Å²) >= 11 is 0. The molecule has 1 N–H and O–H groups in total. The largest absolute Gasteiger partial charge is 0.478 e. The average molecular weight is 238 g/mol. The minimum Gasteiger partial charge on any atom is -0.478 e. The van der Waals surface area contributed by atoms with Crippen LogP contribution in [-0.4, -0.2) is 11.1 Å². The lowest BCUT2D eigenvalue weighted by Crippen LogP contribution is -1.96. The van der Waals surface area contributed by atoms with Gasteiger partial charge in [-0.25, -0.2) is 4.79 Å². The highest BCUT2D eigenvalue weighted by Crippen LogP contribution is 2.54. The van der Waals surface area contributed by atoms with Crippen LogP contribution in [0.2, 0.25) is 0 Å². The standard InChI is InChI=1S/C16H14O2/c17-16(18)13-8-4-7-12(9-13)15-10-14(15)11-5-2-1-3-6-11/h1-9,14-15H,10H2,(H,17,18). The van der Waals surface area contributed by atoms with Gasteiger partial charge in [0.05, 0.1) is 5.56 Å². The van der Waals surface area contributed by atoms with Crippen LogP contribution in [0.3, 0.4) is 0 Å². The zero-order valence-corrected chi connectivity index (χ0v) is 9.91. The molecule has 1 aliphatic rings. The molecule has 90 valence electrons. The topological polar surface area (TPSA) is 37.3 Å². The van der Waals surface area contributed by atoms with Gasteiger partial charge in [-0.2, -0.15) is 0 Å². The Morgan fingerprint density at radius 3 is 2.33 bits per heavy atom. The van der Waals surface area contributed by atoms with E-state index in [2.05, 4.69) is 24.3 Å². The van der Waals surface area contributed by atoms with E-state index < -0.39 is 5.97 Å². The number of benzene rings is 2. The monoisotopic (exact) mass is 238 g/mol. The Bertz CT molecular complexity index is 575. The highest BCUT2D eigenvalue weighted by atomic mass is 16.4. The van der Waals surface area contributed by atoms with Gasteiger partial charge in [0.25, 0.3) is 0 Å². The first-order chi connectivity index (χ1) is 8.75. The maximum absolute atomic E-state index is 10.9. The molecule has 0 saturated heterocycles. The number of hydrogen-bond acceptors (Lipinski definition) is 1. The smallest absolute Gasteiger partial charge is 0.335 e. The van der Waals surface area contributed by atoms with E-state index in [0.717, 1.165) is 12.0 Å². The first-order valence-corrected chi connectivity index (χ1v) is 6.14. The Hall–Kier alpha value is -2.09. The lowest BCUT2D eigenvalue weighted by molar-refractivity contribution is 0.0697. The molecule has 3 rings (SSSR count). The molecule has 2 atom stereocenters. The zero-order chi connectivity index (χ0) is 12.5. The summed E-state index contributed by atoms with van der Waals surface area (Å²) in [7, 11) is 0. The van der Waals surface area contributed by atoms with Gasteiger partial charge in [-0.05, 0) is 41.5 Å². The Kier molecular flexibility index (Phi) is 2.63. The first-order valence-electron chi connectivity index (χ1n) is 6.14. The molecule has 18 heavy (non-hydrogen) atoms. The van der Waals surface area contributed by atoms with Gasteiger partial charge in [0, 0.05) is 0 Å². The fourth-order valence-corrected chi connectivity index (χ4v) is 2.53. The molecule has 0 aliphatic heterocycles. The molecule has 1 aliphatic carbocycles. The predicted octanol–water partition coefficient (Wildman–Crippen LogP) is 3.66. The average Bonchev–Trinajstić information content (AvgIpc) is 3.20. The van der Waals surface area contributed by atoms with E-state index in [4.69, 9.17) is 5.11 Å². The van der Waals surface area contributed by atoms with E-state index in [0.29, 0.717) is 17.4 Å². The third-order valence-corrected chi connectivity index (χ3v) is 3.58. The SMILES string of the molecule is O=C(O)c1cccc(C2CC2c2ccccc2)c1. The van der Waals surface area contributed by atoms with Gasteiger partial charge >= 0.3 is 5.97 Å². The van der Waals surface area contributed by atoms with Gasteiger partial charge < -0.3 is 5.11 Å². The second-order valence-electron chi connectivity index (χ2n) is 4.79. The molecule has 0 spiro atoms. The highest BCUT2D eigenvalue weighted by Gasteiger charge is 2.39. The maximum atomic E-state index is 10.9. The number of carboxylic acid groups (broad SMARTS) is 1. The molecule has 0 heterocycles. The molecular weight excluding hydrogens is 224 g/mol. The quantitative estimate of drug-likeness (QED) is 0.886. The lowest BCUT2D eigenvalue weighted by atomic mass is 10.0. The molecule has 2 heteroatoms. The van der Waals surface area contributed by atoms with Crippen molar-refractivity contribution in [3.63, 3.8) is 0 Å². The van der Waals surface area contributed by atoms with E-state index in [1.54, 1.807) is 12.1 Å². The molecule has 0 radical (unpaired) electrons. The van der Waals surface area contributed by atoms with Crippen molar-refractivity contribution in [2.75, 3.05) is 0 Å². The summed E-state index contributed by atoms with van der Waals surface area (Å²) in [5.41, 5.74) is 2.87. The van der Waals surface area contributed by atoms with Crippen LogP contribution in [0, 0.1) is 0 Å². The van der Waals surface area contributed by atoms with E-state index in [1.165, 1.54) is 5.56 Å². The number of carboxylic acids is 1. The summed E-state index contributed by atoms with van der Waals surface area (Å²) < 4.78 is 0. The van der Waals surface area contributed by atoms with Crippen molar-refractivity contribution in [1.29, 1.82) is 0 Å². The van der Waals surface area contributed by atoms with Crippen LogP contribution >= 0.6 is 0 Å². The summed E-state index contributed by atoms with van der Waals surface area (Å²) in [6, 6.07) is 17.7. The summed E-state index contributed by atoms with van der Waals surface area (Å²) in [5, 5.41) is 8.99. The minimum absolute atomic E-state index is 0.381. The van der Waals surface area contributed by atoms with Crippen molar-refractivity contribution in [2.24, 2.45) is 0 Å². The molecule has 2 aromatic rings. The number of hydrogen-bond donors (Lipinski definition) is 1. The summed E-state index contributed by atoms with van der Waals surface area (Å²) in [6.45, 7) is 0. The fraction of sp³-hybridized carbons (Fsp3) is 0.188. The second kappa shape index (κ2) is 4.30. The van der Waals surface area contributed by atoms with Gasteiger partial charge in [0.2, 0.25) is 0 Å². The van der Waals surface area contributed by atoms with Crippen LogP contribution < -0.4 is 0 Å². The Morgan fingerprint density at radius 2 is 1.61 bits per heavy atom. The number of rotatable bonds is 3. The summed E-state index contributed by atoms with van der Waals surface area (Å²) in [6.07, 6.45) is 1.12. The van der Waals surface area contributed by atoms with E-state index in [9.17, 15) is 4.79 Å². The van der Waals surface area contributed by atoms with E-state index in [-0.39, 0.29) is 0 Å². The number of carbonyl (C=O) groups is 1. The van der Waals surface area contributed by atoms with E-state index in [1.807, 2.05) is 18.2 Å². The summed E-state index contributed by atoms with van der Waals surface area (Å²) in [4.78, 5) is 10.9. The van der Waals surface area contributed by atoms with Gasteiger partial charge in [-0.15, -0.1) is 0 Å². The third kappa shape index (κ3) is 2.02. The molecular formula is C16H14O2. The van der Waals surface area contributed by atoms with Crippen LogP contribution in [-0.2, 0) is 0 Å². The normalized spacial score (nSPS) is 21.6. The van der Waals surface area contributed by atoms with Crippen molar-refractivity contribution in [3.8, 4) is 0 Å². The van der Waals surface area contributed by atoms with Crippen LogP contribution in [0.5, 0.6) is 0 Å². The Labute approximate surface area is 106 Å². The third-order valence-electron chi connectivity index (χ3n) is 3.58. The minimum atomic E-state index is -0.853. The molecule has 1 fully saturated rings. The highest BCUT2D eigenvalue weighted by molar-refractivity contribution is 5.87. The first kappa shape index (κ1) is 11.0. The summed E-state index contributed by atoms with van der Waals surface area (Å²) in [5.74, 6) is 0.177. The van der Waals surface area contributed by atoms with Gasteiger partial charge in [-0.1, -0.05) is 42.5 Å². The molecule has 0 amide bonds. The molecule has 2 nitrogen and oxygen atoms in total. The van der Waals surface area contributed by atoms with Gasteiger partial charge in [0.1, 0.15) is 0 Å². The lowest BCUT2D eigenvalue weighted by Gasteiger charge is -2.02.